The molecule has 300 valence electrons. The molecule has 0 aliphatic carbocycles. The van der Waals surface area contributed by atoms with E-state index in [0.717, 1.165) is 39.4 Å². The van der Waals surface area contributed by atoms with Gasteiger partial charge in [0.1, 0.15) is 30.0 Å². The van der Waals surface area contributed by atoms with Crippen molar-refractivity contribution in [2.24, 2.45) is 0 Å². The topological polar surface area (TPSA) is 55.4 Å². The molecule has 1 fully saturated rings. The van der Waals surface area contributed by atoms with Gasteiger partial charge in [0.05, 0.1) is 26.4 Å². The first-order valence-electron chi connectivity index (χ1n) is 20.4. The Morgan fingerprint density at radius 1 is 0.448 bits per heavy atom. The highest BCUT2D eigenvalue weighted by Gasteiger charge is 2.50. The Hall–Kier alpha value is -4.70. The first-order valence-corrected chi connectivity index (χ1v) is 24.1. The van der Waals surface area contributed by atoms with Gasteiger partial charge in [-0.1, -0.05) is 202 Å². The van der Waals surface area contributed by atoms with Crippen molar-refractivity contribution in [2.45, 2.75) is 81.8 Å². The molecule has 7 rings (SSSR count). The molecule has 0 aromatic heterocycles. The molecule has 0 amide bonds. The Kier molecular flexibility index (Phi) is 14.5. The molecule has 6 aromatic carbocycles. The molecule has 0 bridgehead atoms. The van der Waals surface area contributed by atoms with Crippen LogP contribution < -0.4 is 0 Å². The number of rotatable bonds is 19. The minimum absolute atomic E-state index is 0.169. The molecule has 5 atom stereocenters. The number of hydrogen-bond acceptors (Lipinski definition) is 6. The Morgan fingerprint density at radius 2 is 0.810 bits per heavy atom. The van der Waals surface area contributed by atoms with E-state index in [1.54, 1.807) is 0 Å². The van der Waals surface area contributed by atoms with Crippen molar-refractivity contribution < 1.29 is 28.4 Å². The molecular weight excluding hydrogens is 737 g/mol. The van der Waals surface area contributed by atoms with Crippen LogP contribution in [-0.2, 0) is 53.8 Å². The second-order valence-electron chi connectivity index (χ2n) is 16.1. The van der Waals surface area contributed by atoms with Gasteiger partial charge in [-0.15, -0.1) is 0 Å². The molecule has 0 unspecified atom stereocenters. The van der Waals surface area contributed by atoms with E-state index < -0.39 is 44.4 Å². The third kappa shape index (κ3) is 10.9. The second-order valence-corrected chi connectivity index (χ2v) is 21.7. The zero-order valence-corrected chi connectivity index (χ0v) is 34.9. The fourth-order valence-corrected chi connectivity index (χ4v) is 8.20. The molecule has 6 nitrogen and oxygen atoms in total. The van der Waals surface area contributed by atoms with Gasteiger partial charge >= 0.3 is 0 Å². The molecule has 1 heterocycles. The zero-order valence-electron chi connectivity index (χ0n) is 33.9. The Morgan fingerprint density at radius 3 is 1.21 bits per heavy atom. The predicted octanol–water partition coefficient (Wildman–Crippen LogP) is 10.8. The summed E-state index contributed by atoms with van der Waals surface area (Å²) in [7, 11) is -1.45. The summed E-state index contributed by atoms with van der Waals surface area (Å²) in [6.07, 6.45) is -3.13. The summed E-state index contributed by atoms with van der Waals surface area (Å²) in [6, 6.07) is 62.9. The molecule has 1 aliphatic rings. The number of hydrogen-bond donors (Lipinski definition) is 0. The first-order chi connectivity index (χ1) is 28.4. The zero-order chi connectivity index (χ0) is 40.0. The maximum Gasteiger partial charge on any atom is 0.186 e. The average molecular weight is 793 g/mol. The van der Waals surface area contributed by atoms with Crippen molar-refractivity contribution in [1.29, 1.82) is 0 Å². The van der Waals surface area contributed by atoms with Gasteiger partial charge in [-0.05, 0) is 39.4 Å². The van der Waals surface area contributed by atoms with E-state index in [1.165, 1.54) is 0 Å². The van der Waals surface area contributed by atoms with Crippen LogP contribution in [0.15, 0.2) is 182 Å². The van der Waals surface area contributed by atoms with Gasteiger partial charge in [0, 0.05) is 14.7 Å². The van der Waals surface area contributed by atoms with Gasteiger partial charge in [-0.3, -0.25) is 0 Å². The van der Waals surface area contributed by atoms with Crippen molar-refractivity contribution in [1.82, 2.24) is 0 Å². The highest BCUT2D eigenvalue weighted by Crippen LogP contribution is 2.42. The van der Waals surface area contributed by atoms with Crippen molar-refractivity contribution in [2.75, 3.05) is 13.2 Å². The third-order valence-corrected chi connectivity index (χ3v) is 12.3. The maximum absolute atomic E-state index is 7.44. The van der Waals surface area contributed by atoms with Crippen LogP contribution in [-0.4, -0.2) is 52.0 Å². The number of ether oxygens (including phenoxy) is 6. The van der Waals surface area contributed by atoms with E-state index in [9.17, 15) is 0 Å². The highest BCUT2D eigenvalue weighted by molar-refractivity contribution is 6.76. The Labute approximate surface area is 345 Å². The van der Waals surface area contributed by atoms with Gasteiger partial charge in [-0.25, -0.2) is 0 Å². The molecule has 6 aromatic rings. The minimum atomic E-state index is -1.45. The van der Waals surface area contributed by atoms with E-state index in [4.69, 9.17) is 28.4 Å². The summed E-state index contributed by atoms with van der Waals surface area (Å²) in [5, 5.41) is 0. The van der Waals surface area contributed by atoms with Crippen molar-refractivity contribution in [3.8, 4) is 0 Å². The molecule has 0 spiro atoms. The van der Waals surface area contributed by atoms with Crippen LogP contribution in [0.5, 0.6) is 0 Å². The summed E-state index contributed by atoms with van der Waals surface area (Å²) in [5.74, 6) is 0. The molecule has 1 aliphatic heterocycles. The van der Waals surface area contributed by atoms with Crippen LogP contribution in [0, 0.1) is 0 Å². The monoisotopic (exact) mass is 792 g/mol. The fourth-order valence-electron chi connectivity index (χ4n) is 7.47. The third-order valence-electron chi connectivity index (χ3n) is 10.6. The summed E-state index contributed by atoms with van der Waals surface area (Å²) in [4.78, 5) is 0. The quantitative estimate of drug-likeness (QED) is 0.0601. The van der Waals surface area contributed by atoms with Gasteiger partial charge in [0.15, 0.2) is 6.29 Å². The summed E-state index contributed by atoms with van der Waals surface area (Å²) in [5.41, 5.74) is 5.21. The normalized spacial score (nSPS) is 19.8. The summed E-state index contributed by atoms with van der Waals surface area (Å²) < 4.78 is 42.2. The lowest BCUT2D eigenvalue weighted by Crippen LogP contribution is -2.62. The Balaban J connectivity index is 1.30. The van der Waals surface area contributed by atoms with Crippen LogP contribution in [0.4, 0.5) is 0 Å². The van der Waals surface area contributed by atoms with E-state index in [1.807, 2.05) is 72.8 Å². The lowest BCUT2D eigenvalue weighted by atomic mass is 9.80. The lowest BCUT2D eigenvalue weighted by Gasteiger charge is -2.47. The number of benzene rings is 6. The second kappa shape index (κ2) is 20.3. The van der Waals surface area contributed by atoms with E-state index in [2.05, 4.69) is 129 Å². The lowest BCUT2D eigenvalue weighted by molar-refractivity contribution is -0.329. The maximum atomic E-state index is 7.44. The van der Waals surface area contributed by atoms with E-state index in [0.29, 0.717) is 26.4 Å². The van der Waals surface area contributed by atoms with Crippen LogP contribution in [0.3, 0.4) is 0 Å². The first kappa shape index (κ1) is 41.5. The van der Waals surface area contributed by atoms with Gasteiger partial charge in [-0.2, -0.15) is 0 Å². The molecule has 7 heteroatoms. The summed E-state index contributed by atoms with van der Waals surface area (Å²) in [6.45, 7) is 8.85. The molecular formula is C51H56O6Si. The SMILES string of the molecule is C[Si](C)(C)CCO[C@H]1O[C@@H](COC(c2ccccc2)(c2ccccc2)c2ccccc2)[C@@H](OCc2ccccc2)[C@@H](OCc2ccccc2)[C@@H]1OCc1ccccc1. The molecule has 1 saturated heterocycles. The van der Waals surface area contributed by atoms with Crippen molar-refractivity contribution >= 4 is 8.07 Å². The van der Waals surface area contributed by atoms with Crippen molar-refractivity contribution in [3.05, 3.63) is 215 Å². The smallest absolute Gasteiger partial charge is 0.186 e. The average Bonchev–Trinajstić information content (AvgIpc) is 3.27. The standard InChI is InChI=1S/C51H56O6Si/c1-58(2,3)35-34-52-50-49(55-38-42-26-14-6-15-27-42)48(54-37-41-24-12-5-13-25-41)47(53-36-40-22-10-4-11-23-40)46(57-50)39-56-51(43-28-16-7-17-29-43,44-30-18-8-19-31-44)45-32-20-9-21-33-45/h4-33,46-50H,34-39H2,1-3H3/t46-,47+,48+,49-,50-/m0/s1. The Bertz CT molecular complexity index is 1950. The van der Waals surface area contributed by atoms with Crippen LogP contribution in [0.1, 0.15) is 33.4 Å². The van der Waals surface area contributed by atoms with Crippen LogP contribution in [0.2, 0.25) is 25.7 Å². The summed E-state index contributed by atoms with van der Waals surface area (Å²) >= 11 is 0. The predicted molar refractivity (Wildman–Crippen MR) is 233 cm³/mol. The molecule has 0 N–H and O–H groups in total. The fraction of sp³-hybridized carbons (Fsp3) is 0.294. The molecule has 0 radical (unpaired) electrons. The van der Waals surface area contributed by atoms with Gasteiger partial charge in [0.25, 0.3) is 0 Å². The minimum Gasteiger partial charge on any atom is -0.368 e. The van der Waals surface area contributed by atoms with Gasteiger partial charge in [0.2, 0.25) is 0 Å². The van der Waals surface area contributed by atoms with E-state index >= 15 is 0 Å². The molecule has 0 saturated carbocycles. The largest absolute Gasteiger partial charge is 0.368 e. The van der Waals surface area contributed by atoms with Crippen LogP contribution >= 0.6 is 0 Å². The highest BCUT2D eigenvalue weighted by atomic mass is 28.3. The van der Waals surface area contributed by atoms with E-state index in [-0.39, 0.29) is 6.61 Å². The van der Waals surface area contributed by atoms with Crippen LogP contribution in [0.25, 0.3) is 0 Å². The van der Waals surface area contributed by atoms with Crippen molar-refractivity contribution in [3.63, 3.8) is 0 Å². The van der Waals surface area contributed by atoms with Gasteiger partial charge < -0.3 is 28.4 Å². The molecule has 58 heavy (non-hydrogen) atoms.